The molecule has 1 saturated heterocycles. The number of hydrogen-bond acceptors (Lipinski definition) is 6. The lowest BCUT2D eigenvalue weighted by Gasteiger charge is -2.12. The van der Waals surface area contributed by atoms with Crippen LogP contribution in [0.1, 0.15) is 25.3 Å². The van der Waals surface area contributed by atoms with E-state index in [1.54, 1.807) is 0 Å². The zero-order chi connectivity index (χ0) is 11.7. The topological polar surface area (TPSA) is 73.1 Å². The molecule has 92 valence electrons. The normalized spacial score (nSPS) is 19.9. The van der Waals surface area contributed by atoms with E-state index in [9.17, 15) is 4.79 Å². The minimum Gasteiger partial charge on any atom is -0.272 e. The second-order valence-electron chi connectivity index (χ2n) is 4.11. The minimum absolute atomic E-state index is 0.0159. The first-order valence-electron chi connectivity index (χ1n) is 5.68. The second kappa shape index (κ2) is 4.61. The number of carbonyl (C=O) groups is 1. The van der Waals surface area contributed by atoms with E-state index in [2.05, 4.69) is 15.5 Å². The summed E-state index contributed by atoms with van der Waals surface area (Å²) in [7, 11) is 0. The Morgan fingerprint density at radius 3 is 3.12 bits per heavy atom. The van der Waals surface area contributed by atoms with Crippen molar-refractivity contribution in [3.63, 3.8) is 0 Å². The van der Waals surface area contributed by atoms with Crippen LogP contribution in [-0.2, 0) is 9.63 Å². The molecule has 0 spiro atoms. The van der Waals surface area contributed by atoms with E-state index in [1.807, 2.05) is 4.68 Å². The van der Waals surface area contributed by atoms with Crippen molar-refractivity contribution in [3.8, 4) is 0 Å². The first-order chi connectivity index (χ1) is 8.34. The van der Waals surface area contributed by atoms with Crippen LogP contribution >= 0.6 is 11.8 Å². The Balaban J connectivity index is 1.55. The van der Waals surface area contributed by atoms with Crippen LogP contribution in [0.2, 0.25) is 0 Å². The van der Waals surface area contributed by atoms with E-state index in [4.69, 9.17) is 4.84 Å². The third kappa shape index (κ3) is 2.42. The molecule has 2 aliphatic rings. The molecule has 8 heteroatoms. The van der Waals surface area contributed by atoms with Crippen LogP contribution in [0.3, 0.4) is 0 Å². The lowest BCUT2D eigenvalue weighted by atomic mass is 10.5. The van der Waals surface area contributed by atoms with Gasteiger partial charge >= 0.3 is 0 Å². The van der Waals surface area contributed by atoms with Crippen LogP contribution in [0, 0.1) is 0 Å². The van der Waals surface area contributed by atoms with Crippen LogP contribution in [0.25, 0.3) is 0 Å². The smallest absolute Gasteiger partial charge is 0.256 e. The van der Waals surface area contributed by atoms with Crippen LogP contribution in [0.5, 0.6) is 0 Å². The summed E-state index contributed by atoms with van der Waals surface area (Å²) < 4.78 is 1.81. The minimum atomic E-state index is -0.0159. The first kappa shape index (κ1) is 11.0. The van der Waals surface area contributed by atoms with E-state index in [-0.39, 0.29) is 5.91 Å². The van der Waals surface area contributed by atoms with E-state index >= 15 is 0 Å². The van der Waals surface area contributed by atoms with E-state index in [0.29, 0.717) is 24.9 Å². The molecule has 1 saturated carbocycles. The van der Waals surface area contributed by atoms with Gasteiger partial charge in [0.15, 0.2) is 0 Å². The van der Waals surface area contributed by atoms with Gasteiger partial charge in [-0.2, -0.15) is 0 Å². The molecule has 1 aromatic rings. The Morgan fingerprint density at radius 1 is 1.53 bits per heavy atom. The van der Waals surface area contributed by atoms with Crippen molar-refractivity contribution in [2.75, 3.05) is 18.9 Å². The van der Waals surface area contributed by atoms with Gasteiger partial charge in [0, 0.05) is 0 Å². The van der Waals surface area contributed by atoms with Gasteiger partial charge in [-0.1, -0.05) is 11.8 Å². The number of aromatic nitrogens is 4. The molecule has 1 aliphatic carbocycles. The van der Waals surface area contributed by atoms with Crippen molar-refractivity contribution >= 4 is 17.7 Å². The summed E-state index contributed by atoms with van der Waals surface area (Å²) in [6.45, 7) is 1.32. The van der Waals surface area contributed by atoms with Gasteiger partial charge in [-0.25, -0.2) is 9.75 Å². The standard InChI is InChI=1S/C9H13N5O2S/c15-8(13-4-1-5-16-13)6-17-9-10-11-12-14(9)7-2-3-7/h7H,1-6H2. The summed E-state index contributed by atoms with van der Waals surface area (Å²) in [6, 6.07) is 0.436. The molecular weight excluding hydrogens is 242 g/mol. The maximum Gasteiger partial charge on any atom is 0.256 e. The van der Waals surface area contributed by atoms with Gasteiger partial charge in [0.1, 0.15) is 0 Å². The summed E-state index contributed by atoms with van der Waals surface area (Å²) in [6.07, 6.45) is 3.17. The van der Waals surface area contributed by atoms with Gasteiger partial charge in [0.2, 0.25) is 5.16 Å². The molecule has 1 aliphatic heterocycles. The van der Waals surface area contributed by atoms with Crippen LogP contribution in [-0.4, -0.2) is 50.1 Å². The van der Waals surface area contributed by atoms with E-state index < -0.39 is 0 Å². The number of hydrogen-bond donors (Lipinski definition) is 0. The van der Waals surface area contributed by atoms with Gasteiger partial charge in [0.05, 0.1) is 24.9 Å². The Morgan fingerprint density at radius 2 is 2.41 bits per heavy atom. The molecule has 0 radical (unpaired) electrons. The van der Waals surface area contributed by atoms with Gasteiger partial charge < -0.3 is 0 Å². The molecule has 1 amide bonds. The summed E-state index contributed by atoms with van der Waals surface area (Å²) in [5.41, 5.74) is 0. The summed E-state index contributed by atoms with van der Waals surface area (Å²) in [4.78, 5) is 16.9. The fourth-order valence-corrected chi connectivity index (χ4v) is 2.48. The zero-order valence-corrected chi connectivity index (χ0v) is 10.1. The fourth-order valence-electron chi connectivity index (χ4n) is 1.67. The summed E-state index contributed by atoms with van der Waals surface area (Å²) in [5, 5.41) is 13.7. The second-order valence-corrected chi connectivity index (χ2v) is 5.05. The molecule has 7 nitrogen and oxygen atoms in total. The van der Waals surface area contributed by atoms with Crippen molar-refractivity contribution in [3.05, 3.63) is 0 Å². The highest BCUT2D eigenvalue weighted by atomic mass is 32.2. The predicted molar refractivity (Wildman–Crippen MR) is 59.1 cm³/mol. The van der Waals surface area contributed by atoms with Crippen molar-refractivity contribution in [2.24, 2.45) is 0 Å². The molecule has 0 atom stereocenters. The van der Waals surface area contributed by atoms with Gasteiger partial charge in [0.25, 0.3) is 5.91 Å². The Labute approximate surface area is 102 Å². The van der Waals surface area contributed by atoms with Crippen molar-refractivity contribution in [2.45, 2.75) is 30.5 Å². The van der Waals surface area contributed by atoms with Gasteiger partial charge in [-0.05, 0) is 29.7 Å². The molecule has 0 aromatic carbocycles. The van der Waals surface area contributed by atoms with Crippen LogP contribution in [0.15, 0.2) is 5.16 Å². The zero-order valence-electron chi connectivity index (χ0n) is 9.28. The van der Waals surface area contributed by atoms with E-state index in [0.717, 1.165) is 24.4 Å². The highest BCUT2D eigenvalue weighted by molar-refractivity contribution is 7.99. The van der Waals surface area contributed by atoms with Crippen molar-refractivity contribution in [1.29, 1.82) is 0 Å². The van der Waals surface area contributed by atoms with Crippen molar-refractivity contribution < 1.29 is 9.63 Å². The summed E-state index contributed by atoms with van der Waals surface area (Å²) in [5.74, 6) is 0.311. The van der Waals surface area contributed by atoms with Crippen molar-refractivity contribution in [1.82, 2.24) is 25.3 Å². The lowest BCUT2D eigenvalue weighted by molar-refractivity contribution is -0.165. The van der Waals surface area contributed by atoms with Gasteiger partial charge in [-0.3, -0.25) is 9.63 Å². The third-order valence-corrected chi connectivity index (χ3v) is 3.63. The number of rotatable bonds is 4. The molecule has 0 unspecified atom stereocenters. The largest absolute Gasteiger partial charge is 0.272 e. The Hall–Kier alpha value is -1.15. The molecule has 1 aromatic heterocycles. The third-order valence-electron chi connectivity index (χ3n) is 2.71. The lowest BCUT2D eigenvalue weighted by Crippen LogP contribution is -2.28. The Bertz CT molecular complexity index is 413. The quantitative estimate of drug-likeness (QED) is 0.719. The average molecular weight is 255 g/mol. The van der Waals surface area contributed by atoms with Crippen LogP contribution < -0.4 is 0 Å². The summed E-state index contributed by atoms with van der Waals surface area (Å²) >= 11 is 1.37. The number of tetrazole rings is 1. The molecule has 0 bridgehead atoms. The number of nitrogens with zero attached hydrogens (tertiary/aromatic N) is 5. The molecular formula is C9H13N5O2S. The first-order valence-corrected chi connectivity index (χ1v) is 6.67. The molecule has 17 heavy (non-hydrogen) atoms. The molecule has 0 N–H and O–H groups in total. The predicted octanol–water partition coefficient (Wildman–Crippen LogP) is 0.264. The highest BCUT2D eigenvalue weighted by Crippen LogP contribution is 2.36. The average Bonchev–Trinajstić information content (AvgIpc) is 2.87. The molecule has 2 fully saturated rings. The monoisotopic (exact) mass is 255 g/mol. The Kier molecular flexibility index (Phi) is 2.98. The SMILES string of the molecule is O=C(CSc1nnnn1C1CC1)N1CCCO1. The molecule has 2 heterocycles. The van der Waals surface area contributed by atoms with Crippen LogP contribution in [0.4, 0.5) is 0 Å². The molecule has 3 rings (SSSR count). The fraction of sp³-hybridized carbons (Fsp3) is 0.778. The highest BCUT2D eigenvalue weighted by Gasteiger charge is 2.28. The van der Waals surface area contributed by atoms with Gasteiger partial charge in [-0.15, -0.1) is 5.10 Å². The number of amides is 1. The number of thioether (sulfide) groups is 1. The number of carbonyl (C=O) groups excluding carboxylic acids is 1. The maximum absolute atomic E-state index is 11.7. The number of hydroxylamine groups is 2. The maximum atomic E-state index is 11.7. The van der Waals surface area contributed by atoms with E-state index in [1.165, 1.54) is 16.8 Å².